The minimum Gasteiger partial charge on any atom is -0.232 e. The van der Waals surface area contributed by atoms with Gasteiger partial charge < -0.3 is 0 Å². The molecule has 0 aromatic carbocycles. The van der Waals surface area contributed by atoms with Gasteiger partial charge in [0.1, 0.15) is 17.5 Å². The molecule has 1 heterocycles. The maximum absolute atomic E-state index is 12.4. The Kier molecular flexibility index (Phi) is 3.31. The molecule has 0 amide bonds. The molecule has 0 bridgehead atoms. The summed E-state index contributed by atoms with van der Waals surface area (Å²) in [6, 6.07) is 5.18. The average molecular weight is 236 g/mol. The second kappa shape index (κ2) is 4.51. The lowest BCUT2D eigenvalue weighted by Gasteiger charge is -2.08. The Labute approximate surface area is 94.2 Å². The predicted octanol–water partition coefficient (Wildman–Crippen LogP) is 1.91. The van der Waals surface area contributed by atoms with Gasteiger partial charge in [0, 0.05) is 5.56 Å². The molecule has 4 nitrogen and oxygen atoms in total. The number of alkyl halides is 3. The van der Waals surface area contributed by atoms with Crippen LogP contribution in [0.1, 0.15) is 22.5 Å². The fourth-order valence-corrected chi connectivity index (χ4v) is 1.17. The first-order valence-corrected chi connectivity index (χ1v) is 4.22. The van der Waals surface area contributed by atoms with E-state index < -0.39 is 17.6 Å². The van der Waals surface area contributed by atoms with E-state index in [4.69, 9.17) is 15.8 Å². The van der Waals surface area contributed by atoms with Crippen molar-refractivity contribution in [2.24, 2.45) is 0 Å². The van der Waals surface area contributed by atoms with Gasteiger partial charge in [0.05, 0.1) is 24.1 Å². The van der Waals surface area contributed by atoms with E-state index in [0.29, 0.717) is 6.07 Å². The van der Waals surface area contributed by atoms with E-state index in [1.54, 1.807) is 6.07 Å². The van der Waals surface area contributed by atoms with Crippen molar-refractivity contribution in [3.8, 4) is 18.2 Å². The molecular weight excluding hydrogens is 233 g/mol. The molecule has 1 aromatic heterocycles. The zero-order chi connectivity index (χ0) is 13.1. The van der Waals surface area contributed by atoms with Crippen LogP contribution in [-0.4, -0.2) is 4.98 Å². The monoisotopic (exact) mass is 236 g/mol. The van der Waals surface area contributed by atoms with Crippen LogP contribution >= 0.6 is 0 Å². The van der Waals surface area contributed by atoms with Gasteiger partial charge in [-0.2, -0.15) is 29.0 Å². The smallest absolute Gasteiger partial charge is 0.232 e. The Morgan fingerprint density at radius 1 is 1.18 bits per heavy atom. The van der Waals surface area contributed by atoms with Gasteiger partial charge in [0.2, 0.25) is 0 Å². The van der Waals surface area contributed by atoms with Crippen LogP contribution in [0.25, 0.3) is 0 Å². The molecule has 0 atom stereocenters. The lowest BCUT2D eigenvalue weighted by atomic mass is 10.0. The van der Waals surface area contributed by atoms with Crippen LogP contribution in [0.3, 0.4) is 0 Å². The molecule has 1 rings (SSSR count). The van der Waals surface area contributed by atoms with E-state index in [2.05, 4.69) is 4.98 Å². The van der Waals surface area contributed by atoms with Crippen molar-refractivity contribution in [1.82, 2.24) is 4.98 Å². The van der Waals surface area contributed by atoms with Gasteiger partial charge in [-0.25, -0.2) is 4.98 Å². The first kappa shape index (κ1) is 12.5. The molecule has 0 saturated heterocycles. The Bertz CT molecular complexity index is 534. The largest absolute Gasteiger partial charge is 0.433 e. The summed E-state index contributed by atoms with van der Waals surface area (Å²) in [5.41, 5.74) is -2.29. The highest BCUT2D eigenvalue weighted by Gasteiger charge is 2.34. The summed E-state index contributed by atoms with van der Waals surface area (Å²) in [4.78, 5) is 3.10. The minimum absolute atomic E-state index is 0.0782. The molecule has 0 N–H and O–H groups in total. The Balaban J connectivity index is 3.54. The van der Waals surface area contributed by atoms with Crippen LogP contribution in [-0.2, 0) is 12.6 Å². The minimum atomic E-state index is -4.73. The molecule has 0 unspecified atom stereocenters. The van der Waals surface area contributed by atoms with Gasteiger partial charge in [-0.3, -0.25) is 0 Å². The van der Waals surface area contributed by atoms with Crippen molar-refractivity contribution in [2.45, 2.75) is 12.6 Å². The number of rotatable bonds is 1. The second-order valence-electron chi connectivity index (χ2n) is 2.94. The summed E-state index contributed by atoms with van der Waals surface area (Å²) in [7, 11) is 0. The number of nitriles is 3. The van der Waals surface area contributed by atoms with E-state index in [9.17, 15) is 13.2 Å². The van der Waals surface area contributed by atoms with Crippen LogP contribution in [0.2, 0.25) is 0 Å². The molecule has 0 radical (unpaired) electrons. The number of aromatic nitrogens is 1. The van der Waals surface area contributed by atoms with Gasteiger partial charge in [-0.15, -0.1) is 0 Å². The Morgan fingerprint density at radius 2 is 1.82 bits per heavy atom. The summed E-state index contributed by atoms with van der Waals surface area (Å²) < 4.78 is 37.2. The molecule has 7 heteroatoms. The van der Waals surface area contributed by atoms with Gasteiger partial charge in [0.15, 0.2) is 0 Å². The third-order valence-electron chi connectivity index (χ3n) is 1.90. The van der Waals surface area contributed by atoms with E-state index in [1.165, 1.54) is 12.1 Å². The van der Waals surface area contributed by atoms with E-state index in [1.807, 2.05) is 0 Å². The lowest BCUT2D eigenvalue weighted by molar-refractivity contribution is -0.141. The predicted molar refractivity (Wildman–Crippen MR) is 48.0 cm³/mol. The standard InChI is InChI=1S/C10H3F3N4/c11-10(12,13)9-3-6(4-15)7(1-2-14)8(5-16)17-9/h3H,1H2. The van der Waals surface area contributed by atoms with Crippen LogP contribution in [0.15, 0.2) is 6.07 Å². The van der Waals surface area contributed by atoms with Crippen LogP contribution in [0.4, 0.5) is 13.2 Å². The normalized spacial score (nSPS) is 10.1. The second-order valence-corrected chi connectivity index (χ2v) is 2.94. The SMILES string of the molecule is N#CCc1c(C#N)cc(C(F)(F)F)nc1C#N. The maximum Gasteiger partial charge on any atom is 0.433 e. The van der Waals surface area contributed by atoms with Crippen LogP contribution in [0.5, 0.6) is 0 Å². The quantitative estimate of drug-likeness (QED) is 0.745. The van der Waals surface area contributed by atoms with Crippen molar-refractivity contribution >= 4 is 0 Å². The Morgan fingerprint density at radius 3 is 2.24 bits per heavy atom. The summed E-state index contributed by atoms with van der Waals surface area (Å²) in [5, 5.41) is 25.8. The van der Waals surface area contributed by atoms with Crippen molar-refractivity contribution in [2.75, 3.05) is 0 Å². The van der Waals surface area contributed by atoms with Crippen molar-refractivity contribution in [1.29, 1.82) is 15.8 Å². The first-order chi connectivity index (χ1) is 7.93. The molecule has 17 heavy (non-hydrogen) atoms. The number of pyridine rings is 1. The molecule has 0 aliphatic carbocycles. The molecule has 84 valence electrons. The van der Waals surface area contributed by atoms with Crippen molar-refractivity contribution in [3.63, 3.8) is 0 Å². The summed E-state index contributed by atoms with van der Waals surface area (Å²) in [6.45, 7) is 0. The van der Waals surface area contributed by atoms with Crippen LogP contribution < -0.4 is 0 Å². The summed E-state index contributed by atoms with van der Waals surface area (Å²) in [6.07, 6.45) is -5.07. The van der Waals surface area contributed by atoms with E-state index >= 15 is 0 Å². The summed E-state index contributed by atoms with van der Waals surface area (Å²) >= 11 is 0. The third kappa shape index (κ3) is 2.50. The molecule has 1 aromatic rings. The lowest BCUT2D eigenvalue weighted by Crippen LogP contribution is -2.11. The number of hydrogen-bond acceptors (Lipinski definition) is 4. The van der Waals surface area contributed by atoms with Crippen LogP contribution in [0, 0.1) is 34.0 Å². The van der Waals surface area contributed by atoms with Gasteiger partial charge in [0.25, 0.3) is 0 Å². The molecule has 0 aliphatic heterocycles. The fraction of sp³-hybridized carbons (Fsp3) is 0.200. The zero-order valence-electron chi connectivity index (χ0n) is 8.21. The van der Waals surface area contributed by atoms with Gasteiger partial charge >= 0.3 is 6.18 Å². The third-order valence-corrected chi connectivity index (χ3v) is 1.90. The maximum atomic E-state index is 12.4. The molecule has 0 aliphatic rings. The molecule has 0 spiro atoms. The average Bonchev–Trinajstić information content (AvgIpc) is 2.28. The molecule has 0 fully saturated rings. The Hall–Kier alpha value is -2.59. The zero-order valence-corrected chi connectivity index (χ0v) is 8.21. The van der Waals surface area contributed by atoms with Gasteiger partial charge in [-0.05, 0) is 6.07 Å². The van der Waals surface area contributed by atoms with E-state index in [-0.39, 0.29) is 17.5 Å². The number of nitrogens with zero attached hydrogens (tertiary/aromatic N) is 4. The first-order valence-electron chi connectivity index (χ1n) is 4.22. The van der Waals surface area contributed by atoms with Crippen molar-refractivity contribution in [3.05, 3.63) is 28.6 Å². The number of hydrogen-bond donors (Lipinski definition) is 0. The highest BCUT2D eigenvalue weighted by Crippen LogP contribution is 2.29. The van der Waals surface area contributed by atoms with E-state index in [0.717, 1.165) is 0 Å². The highest BCUT2D eigenvalue weighted by atomic mass is 19.4. The number of halogens is 3. The van der Waals surface area contributed by atoms with Crippen molar-refractivity contribution < 1.29 is 13.2 Å². The topological polar surface area (TPSA) is 84.3 Å². The molecular formula is C10H3F3N4. The molecule has 0 saturated carbocycles. The fourth-order valence-electron chi connectivity index (χ4n) is 1.17. The highest BCUT2D eigenvalue weighted by molar-refractivity contribution is 5.47. The van der Waals surface area contributed by atoms with Gasteiger partial charge in [-0.1, -0.05) is 0 Å². The summed E-state index contributed by atoms with van der Waals surface area (Å²) in [5.74, 6) is 0.